The van der Waals surface area contributed by atoms with Crippen molar-refractivity contribution in [3.8, 4) is 0 Å². The van der Waals surface area contributed by atoms with Gasteiger partial charge in [0.25, 0.3) is 0 Å². The molecule has 0 unspecified atom stereocenters. The van der Waals surface area contributed by atoms with Crippen molar-refractivity contribution in [3.05, 3.63) is 107 Å². The van der Waals surface area contributed by atoms with Crippen LogP contribution in [0.25, 0.3) is 6.08 Å². The Morgan fingerprint density at radius 1 is 0.879 bits per heavy atom. The highest BCUT2D eigenvalue weighted by Gasteiger charge is 2.71. The van der Waals surface area contributed by atoms with Crippen molar-refractivity contribution in [1.82, 2.24) is 0 Å². The fraction of sp³-hybridized carbons (Fsp3) is 0.179. The maximum absolute atomic E-state index is 15.3. The highest BCUT2D eigenvalue weighted by molar-refractivity contribution is 6.32. The van der Waals surface area contributed by atoms with Gasteiger partial charge in [-0.15, -0.1) is 0 Å². The number of halogens is 1. The molecule has 6 rings (SSSR count). The average Bonchev–Trinajstić information content (AvgIpc) is 3.26. The van der Waals surface area contributed by atoms with Crippen LogP contribution in [0.2, 0.25) is 0 Å². The van der Waals surface area contributed by atoms with E-state index in [-0.39, 0.29) is 22.9 Å². The number of rotatable bonds is 2. The van der Waals surface area contributed by atoms with Gasteiger partial charge in [-0.3, -0.25) is 14.4 Å². The highest BCUT2D eigenvalue weighted by atomic mass is 19.1. The van der Waals surface area contributed by atoms with Crippen LogP contribution in [-0.4, -0.2) is 29.4 Å². The number of para-hydroxylation sites is 1. The van der Waals surface area contributed by atoms with Crippen molar-refractivity contribution < 1.29 is 18.8 Å². The Morgan fingerprint density at radius 2 is 1.48 bits per heavy atom. The number of carbonyl (C=O) groups excluding carboxylic acids is 3. The second-order valence-electron chi connectivity index (χ2n) is 8.90. The molecular weight excluding hydrogens is 417 g/mol. The third-order valence-corrected chi connectivity index (χ3v) is 7.37. The molecule has 0 aromatic heterocycles. The molecule has 0 amide bonds. The van der Waals surface area contributed by atoms with Crippen molar-refractivity contribution in [2.24, 2.45) is 5.41 Å². The number of hydrogen-bond acceptors (Lipinski definition) is 4. The second kappa shape index (κ2) is 6.82. The molecule has 3 aliphatic rings. The van der Waals surface area contributed by atoms with Crippen LogP contribution in [0.15, 0.2) is 78.9 Å². The maximum Gasteiger partial charge on any atom is 0.180 e. The third kappa shape index (κ3) is 2.37. The van der Waals surface area contributed by atoms with Gasteiger partial charge < -0.3 is 4.90 Å². The summed E-state index contributed by atoms with van der Waals surface area (Å²) < 4.78 is 15.3. The zero-order valence-electron chi connectivity index (χ0n) is 17.9. The predicted octanol–water partition coefficient (Wildman–Crippen LogP) is 4.85. The van der Waals surface area contributed by atoms with E-state index in [1.165, 1.54) is 13.0 Å². The zero-order valence-corrected chi connectivity index (χ0v) is 17.9. The van der Waals surface area contributed by atoms with Gasteiger partial charge in [0.15, 0.2) is 17.3 Å². The molecule has 2 heterocycles. The van der Waals surface area contributed by atoms with Gasteiger partial charge in [0.2, 0.25) is 0 Å². The van der Waals surface area contributed by atoms with Gasteiger partial charge in [0.05, 0.1) is 12.1 Å². The number of benzene rings is 3. The van der Waals surface area contributed by atoms with Crippen LogP contribution in [0.1, 0.15) is 44.7 Å². The highest BCUT2D eigenvalue weighted by Crippen LogP contribution is 2.60. The number of anilines is 1. The first-order chi connectivity index (χ1) is 16.0. The number of ketones is 3. The smallest absolute Gasteiger partial charge is 0.180 e. The fourth-order valence-electron chi connectivity index (χ4n) is 6.14. The lowest BCUT2D eigenvalue weighted by Crippen LogP contribution is -2.48. The molecule has 3 aromatic carbocycles. The zero-order chi connectivity index (χ0) is 22.9. The van der Waals surface area contributed by atoms with Crippen LogP contribution >= 0.6 is 0 Å². The lowest BCUT2D eigenvalue weighted by atomic mass is 9.64. The second-order valence-corrected chi connectivity index (χ2v) is 8.90. The van der Waals surface area contributed by atoms with Gasteiger partial charge >= 0.3 is 0 Å². The monoisotopic (exact) mass is 437 g/mol. The van der Waals surface area contributed by atoms with Gasteiger partial charge in [-0.2, -0.15) is 0 Å². The van der Waals surface area contributed by atoms with Gasteiger partial charge in [0, 0.05) is 22.7 Å². The van der Waals surface area contributed by atoms with Crippen molar-refractivity contribution in [1.29, 1.82) is 0 Å². The first-order valence-corrected chi connectivity index (χ1v) is 11.0. The molecule has 1 fully saturated rings. The molecule has 0 saturated carbocycles. The van der Waals surface area contributed by atoms with Crippen LogP contribution in [-0.2, 0) is 4.79 Å². The normalized spacial score (nSPS) is 24.1. The Labute approximate surface area is 190 Å². The molecule has 162 valence electrons. The number of hydrogen-bond donors (Lipinski definition) is 0. The van der Waals surface area contributed by atoms with Crippen molar-refractivity contribution >= 4 is 29.1 Å². The summed E-state index contributed by atoms with van der Waals surface area (Å²) >= 11 is 0. The minimum atomic E-state index is -1.63. The van der Waals surface area contributed by atoms with E-state index in [0.717, 1.165) is 11.3 Å². The van der Waals surface area contributed by atoms with E-state index >= 15 is 4.39 Å². The van der Waals surface area contributed by atoms with Gasteiger partial charge in [-0.05, 0) is 30.2 Å². The Morgan fingerprint density at radius 3 is 2.15 bits per heavy atom. The summed E-state index contributed by atoms with van der Waals surface area (Å²) in [6, 6.07) is 18.9. The van der Waals surface area contributed by atoms with Crippen LogP contribution in [0.5, 0.6) is 0 Å². The quantitative estimate of drug-likeness (QED) is 0.538. The molecule has 3 aromatic rings. The summed E-state index contributed by atoms with van der Waals surface area (Å²) in [5.41, 5.74) is 0.902. The molecule has 0 N–H and O–H groups in total. The molecule has 4 nitrogen and oxygen atoms in total. The number of carbonyl (C=O) groups is 3. The topological polar surface area (TPSA) is 54.5 Å². The minimum absolute atomic E-state index is 0.215. The average molecular weight is 437 g/mol. The third-order valence-electron chi connectivity index (χ3n) is 7.37. The Bertz CT molecular complexity index is 1360. The van der Waals surface area contributed by atoms with Gasteiger partial charge in [-0.25, -0.2) is 4.39 Å². The Hall–Kier alpha value is -3.86. The van der Waals surface area contributed by atoms with Crippen molar-refractivity contribution in [2.45, 2.75) is 24.9 Å². The van der Waals surface area contributed by atoms with Crippen LogP contribution in [0.3, 0.4) is 0 Å². The van der Waals surface area contributed by atoms with Crippen molar-refractivity contribution in [2.75, 3.05) is 4.90 Å². The summed E-state index contributed by atoms with van der Waals surface area (Å²) in [4.78, 5) is 43.4. The predicted molar refractivity (Wildman–Crippen MR) is 123 cm³/mol. The molecular formula is C28H20FNO3. The summed E-state index contributed by atoms with van der Waals surface area (Å²) in [5, 5.41) is 0. The Balaban J connectivity index is 1.71. The SMILES string of the molecule is CC(=O)[C@@H]1[C@@H](c2ccccc2F)C2(C(=O)c3ccccc3C2=O)[C@H]2C=Cc3ccccc3N12. The summed E-state index contributed by atoms with van der Waals surface area (Å²) in [6.45, 7) is 1.45. The molecule has 33 heavy (non-hydrogen) atoms. The summed E-state index contributed by atoms with van der Waals surface area (Å²) in [5.74, 6) is -2.41. The molecule has 0 radical (unpaired) electrons. The molecule has 0 bridgehead atoms. The van der Waals surface area contributed by atoms with E-state index in [4.69, 9.17) is 0 Å². The first kappa shape index (κ1) is 19.8. The molecule has 1 saturated heterocycles. The van der Waals surface area contributed by atoms with E-state index in [1.807, 2.05) is 41.3 Å². The lowest BCUT2D eigenvalue weighted by Gasteiger charge is -2.37. The van der Waals surface area contributed by atoms with E-state index in [0.29, 0.717) is 11.1 Å². The van der Waals surface area contributed by atoms with E-state index in [1.54, 1.807) is 42.5 Å². The number of fused-ring (bicyclic) bond motifs is 5. The molecule has 1 aliphatic carbocycles. The standard InChI is InChI=1S/C28H20FNO3/c1-16(31)25-24(20-11-5-6-12-21(20)29)28(26(32)18-9-3-4-10-19(18)27(28)33)23-15-14-17-8-2-7-13-22(17)30(23)25/h2-15,23-25H,1H3/t23-,24-,25-/m1/s1. The summed E-state index contributed by atoms with van der Waals surface area (Å²) in [6.07, 6.45) is 3.73. The first-order valence-electron chi connectivity index (χ1n) is 11.0. The Kier molecular flexibility index (Phi) is 4.09. The molecule has 5 heteroatoms. The van der Waals surface area contributed by atoms with Crippen LogP contribution < -0.4 is 4.90 Å². The maximum atomic E-state index is 15.3. The molecule has 1 spiro atoms. The molecule has 3 atom stereocenters. The van der Waals surface area contributed by atoms with Gasteiger partial charge in [-0.1, -0.05) is 72.8 Å². The van der Waals surface area contributed by atoms with Crippen molar-refractivity contribution in [3.63, 3.8) is 0 Å². The molecule has 2 aliphatic heterocycles. The lowest BCUT2D eigenvalue weighted by molar-refractivity contribution is -0.118. The van der Waals surface area contributed by atoms with E-state index in [9.17, 15) is 14.4 Å². The van der Waals surface area contributed by atoms with E-state index < -0.39 is 29.2 Å². The van der Waals surface area contributed by atoms with E-state index in [2.05, 4.69) is 0 Å². The van der Waals surface area contributed by atoms with Gasteiger partial charge in [0.1, 0.15) is 11.2 Å². The van der Waals surface area contributed by atoms with Crippen LogP contribution in [0.4, 0.5) is 10.1 Å². The summed E-state index contributed by atoms with van der Waals surface area (Å²) in [7, 11) is 0. The van der Waals surface area contributed by atoms with Crippen LogP contribution in [0, 0.1) is 11.2 Å². The minimum Gasteiger partial charge on any atom is -0.352 e. The number of nitrogens with zero attached hydrogens (tertiary/aromatic N) is 1. The number of Topliss-reactive ketones (excluding diaryl/α,β-unsaturated/α-hetero) is 3. The largest absolute Gasteiger partial charge is 0.352 e. The fourth-order valence-corrected chi connectivity index (χ4v) is 6.14.